The summed E-state index contributed by atoms with van der Waals surface area (Å²) in [5.74, 6) is 1.43. The van der Waals surface area contributed by atoms with Crippen LogP contribution in [0.25, 0.3) is 0 Å². The molecule has 0 aliphatic carbocycles. The molecular formula is C27H28N2OSi. The van der Waals surface area contributed by atoms with Gasteiger partial charge in [0.25, 0.3) is 0 Å². The fourth-order valence-corrected chi connectivity index (χ4v) is 5.98. The molecule has 4 heteroatoms. The highest BCUT2D eigenvalue weighted by molar-refractivity contribution is 6.99. The fraction of sp³-hybridized carbons (Fsp3) is 0.185. The highest BCUT2D eigenvalue weighted by Gasteiger charge is 2.31. The second-order valence-corrected chi connectivity index (χ2v) is 13.2. The van der Waals surface area contributed by atoms with Crippen molar-refractivity contribution < 1.29 is 4.74 Å². The number of pyridine rings is 2. The maximum atomic E-state index is 5.99. The monoisotopic (exact) mass is 424 g/mol. The van der Waals surface area contributed by atoms with Crippen LogP contribution in [0.1, 0.15) is 25.1 Å². The summed E-state index contributed by atoms with van der Waals surface area (Å²) in [5.41, 5.74) is 2.16. The van der Waals surface area contributed by atoms with Crippen LogP contribution in [0.15, 0.2) is 97.2 Å². The van der Waals surface area contributed by atoms with Gasteiger partial charge in [-0.15, -0.1) is 0 Å². The first kappa shape index (κ1) is 21.0. The number of rotatable bonds is 6. The molecule has 2 heterocycles. The lowest BCUT2D eigenvalue weighted by molar-refractivity contribution is 0.464. The third kappa shape index (κ3) is 4.44. The summed E-state index contributed by atoms with van der Waals surface area (Å²) in [7, 11) is -2.03. The Morgan fingerprint density at radius 3 is 2.26 bits per heavy atom. The van der Waals surface area contributed by atoms with Crippen LogP contribution in [0, 0.1) is 0 Å². The molecule has 4 rings (SSSR count). The van der Waals surface area contributed by atoms with Crippen molar-refractivity contribution in [1.29, 1.82) is 0 Å². The van der Waals surface area contributed by atoms with Gasteiger partial charge in [-0.2, -0.15) is 0 Å². The van der Waals surface area contributed by atoms with Crippen LogP contribution in [-0.4, -0.2) is 18.0 Å². The lowest BCUT2D eigenvalue weighted by Crippen LogP contribution is -2.54. The molecule has 0 saturated heterocycles. The minimum absolute atomic E-state index is 0.173. The Labute approximate surface area is 185 Å². The SMILES string of the molecule is CC(C)(c1cccc([Si](C)(C)c2cccc(Oc3ccccc3)n2)c1)c1ccccn1. The van der Waals surface area contributed by atoms with Gasteiger partial charge in [-0.3, -0.25) is 4.98 Å². The number of hydrogen-bond donors (Lipinski definition) is 0. The average Bonchev–Trinajstić information content (AvgIpc) is 2.80. The molecule has 4 aromatic rings. The van der Waals surface area contributed by atoms with Gasteiger partial charge in [-0.1, -0.05) is 86.7 Å². The number of aromatic nitrogens is 2. The van der Waals surface area contributed by atoms with E-state index in [0.29, 0.717) is 5.88 Å². The highest BCUT2D eigenvalue weighted by atomic mass is 28.3. The van der Waals surface area contributed by atoms with E-state index >= 15 is 0 Å². The first-order valence-corrected chi connectivity index (χ1v) is 13.6. The largest absolute Gasteiger partial charge is 0.439 e. The predicted octanol–water partition coefficient (Wildman–Crippen LogP) is 5.42. The minimum atomic E-state index is -2.03. The zero-order valence-electron chi connectivity index (χ0n) is 18.5. The molecule has 0 aliphatic heterocycles. The Kier molecular flexibility index (Phi) is 5.75. The normalized spacial score (nSPS) is 11.9. The van der Waals surface area contributed by atoms with Crippen LogP contribution in [-0.2, 0) is 5.41 Å². The van der Waals surface area contributed by atoms with E-state index in [1.54, 1.807) is 0 Å². The fourth-order valence-electron chi connectivity index (χ4n) is 3.75. The van der Waals surface area contributed by atoms with E-state index in [1.165, 1.54) is 10.8 Å². The van der Waals surface area contributed by atoms with Crippen LogP contribution >= 0.6 is 0 Å². The van der Waals surface area contributed by atoms with Crippen molar-refractivity contribution in [3.05, 3.63) is 108 Å². The van der Waals surface area contributed by atoms with Crippen LogP contribution in [0.4, 0.5) is 0 Å². The topological polar surface area (TPSA) is 35.0 Å². The predicted molar refractivity (Wildman–Crippen MR) is 130 cm³/mol. The lowest BCUT2D eigenvalue weighted by Gasteiger charge is -2.28. The molecule has 3 nitrogen and oxygen atoms in total. The molecule has 2 aromatic carbocycles. The second kappa shape index (κ2) is 8.48. The molecule has 0 atom stereocenters. The van der Waals surface area contributed by atoms with Gasteiger partial charge in [0.2, 0.25) is 5.88 Å². The summed E-state index contributed by atoms with van der Waals surface area (Å²) in [6.07, 6.45) is 1.86. The van der Waals surface area contributed by atoms with Gasteiger partial charge >= 0.3 is 0 Å². The molecule has 0 aliphatic rings. The van der Waals surface area contributed by atoms with E-state index in [2.05, 4.69) is 74.4 Å². The second-order valence-electron chi connectivity index (χ2n) is 8.82. The molecule has 156 valence electrons. The van der Waals surface area contributed by atoms with Gasteiger partial charge in [-0.25, -0.2) is 4.98 Å². The zero-order chi connectivity index (χ0) is 21.9. The van der Waals surface area contributed by atoms with Crippen molar-refractivity contribution in [2.24, 2.45) is 0 Å². The van der Waals surface area contributed by atoms with Gasteiger partial charge in [0.15, 0.2) is 0 Å². The quantitative estimate of drug-likeness (QED) is 0.388. The third-order valence-electron chi connectivity index (χ3n) is 5.94. The minimum Gasteiger partial charge on any atom is -0.439 e. The van der Waals surface area contributed by atoms with Crippen molar-refractivity contribution in [1.82, 2.24) is 9.97 Å². The average molecular weight is 425 g/mol. The lowest BCUT2D eigenvalue weighted by atomic mass is 9.81. The standard InChI is InChI=1S/C27H28N2OSi/c1-27(2,24-16-8-9-19-28-24)21-12-10-15-23(20-21)31(3,4)26-18-11-17-25(29-26)30-22-13-6-5-7-14-22/h5-20H,1-4H3. The Morgan fingerprint density at radius 1 is 0.774 bits per heavy atom. The van der Waals surface area contributed by atoms with E-state index < -0.39 is 8.07 Å². The molecule has 0 spiro atoms. The molecule has 0 radical (unpaired) electrons. The molecule has 0 amide bonds. The zero-order valence-corrected chi connectivity index (χ0v) is 19.5. The highest BCUT2D eigenvalue weighted by Crippen LogP contribution is 2.29. The molecule has 0 bridgehead atoms. The molecule has 31 heavy (non-hydrogen) atoms. The van der Waals surface area contributed by atoms with Gasteiger partial charge in [0.1, 0.15) is 13.8 Å². The molecule has 0 saturated carbocycles. The molecule has 0 fully saturated rings. The number of nitrogens with zero attached hydrogens (tertiary/aromatic N) is 2. The first-order chi connectivity index (χ1) is 14.9. The van der Waals surface area contributed by atoms with Gasteiger partial charge in [0, 0.05) is 23.0 Å². The van der Waals surface area contributed by atoms with Crippen LogP contribution in [0.2, 0.25) is 13.1 Å². The Hall–Kier alpha value is -3.24. The van der Waals surface area contributed by atoms with E-state index in [0.717, 1.165) is 16.8 Å². The number of benzene rings is 2. The van der Waals surface area contributed by atoms with Crippen LogP contribution in [0.5, 0.6) is 11.6 Å². The summed E-state index contributed by atoms with van der Waals surface area (Å²) in [4.78, 5) is 9.50. The first-order valence-electron chi connectivity index (χ1n) is 10.6. The summed E-state index contributed by atoms with van der Waals surface area (Å²) in [6, 6.07) is 30.9. The summed E-state index contributed by atoms with van der Waals surface area (Å²) < 4.78 is 5.99. The van der Waals surface area contributed by atoms with Crippen molar-refractivity contribution in [3.8, 4) is 11.6 Å². The third-order valence-corrected chi connectivity index (χ3v) is 9.25. The van der Waals surface area contributed by atoms with E-state index in [4.69, 9.17) is 9.72 Å². The maximum absolute atomic E-state index is 5.99. The summed E-state index contributed by atoms with van der Waals surface area (Å²) in [6.45, 7) is 9.15. The number of ether oxygens (including phenoxy) is 1. The molecule has 2 aromatic heterocycles. The van der Waals surface area contributed by atoms with Crippen molar-refractivity contribution in [3.63, 3.8) is 0 Å². The van der Waals surface area contributed by atoms with Gasteiger partial charge in [0.05, 0.1) is 5.69 Å². The van der Waals surface area contributed by atoms with Crippen molar-refractivity contribution in [2.75, 3.05) is 0 Å². The van der Waals surface area contributed by atoms with Gasteiger partial charge < -0.3 is 4.74 Å². The maximum Gasteiger partial charge on any atom is 0.219 e. The van der Waals surface area contributed by atoms with Crippen LogP contribution in [0.3, 0.4) is 0 Å². The van der Waals surface area contributed by atoms with Crippen molar-refractivity contribution in [2.45, 2.75) is 32.4 Å². The van der Waals surface area contributed by atoms with Gasteiger partial charge in [-0.05, 0) is 35.9 Å². The van der Waals surface area contributed by atoms with E-state index in [1.807, 2.05) is 54.7 Å². The number of hydrogen-bond acceptors (Lipinski definition) is 3. The molecule has 0 unspecified atom stereocenters. The number of para-hydroxylation sites is 1. The smallest absolute Gasteiger partial charge is 0.219 e. The van der Waals surface area contributed by atoms with Crippen molar-refractivity contribution >= 4 is 18.6 Å². The summed E-state index contributed by atoms with van der Waals surface area (Å²) in [5, 5.41) is 2.45. The van der Waals surface area contributed by atoms with Crippen LogP contribution < -0.4 is 15.2 Å². The molecule has 0 N–H and O–H groups in total. The van der Waals surface area contributed by atoms with E-state index in [9.17, 15) is 0 Å². The Bertz CT molecular complexity index is 1160. The summed E-state index contributed by atoms with van der Waals surface area (Å²) >= 11 is 0. The Balaban J connectivity index is 1.67. The Morgan fingerprint density at radius 2 is 1.52 bits per heavy atom. The van der Waals surface area contributed by atoms with E-state index in [-0.39, 0.29) is 5.41 Å². The molecular weight excluding hydrogens is 396 g/mol.